The molecular formula is C14H16ClN3O3. The van der Waals surface area contributed by atoms with E-state index < -0.39 is 4.92 Å². The number of hydrogen-bond acceptors (Lipinski definition) is 4. The zero-order valence-electron chi connectivity index (χ0n) is 12.3. The van der Waals surface area contributed by atoms with Crippen molar-refractivity contribution in [3.05, 3.63) is 49.8 Å². The van der Waals surface area contributed by atoms with Crippen LogP contribution in [0.15, 0.2) is 12.1 Å². The van der Waals surface area contributed by atoms with Gasteiger partial charge in [0.25, 0.3) is 0 Å². The number of hydrogen-bond donors (Lipinski definition) is 0. The van der Waals surface area contributed by atoms with Crippen LogP contribution in [0.1, 0.15) is 22.4 Å². The zero-order valence-corrected chi connectivity index (χ0v) is 13.1. The van der Waals surface area contributed by atoms with Crippen LogP contribution in [0.25, 0.3) is 0 Å². The Labute approximate surface area is 127 Å². The lowest BCUT2D eigenvalue weighted by atomic mass is 10.1. The summed E-state index contributed by atoms with van der Waals surface area (Å²) in [5.41, 5.74) is 2.98. The van der Waals surface area contributed by atoms with Crippen molar-refractivity contribution in [3.8, 4) is 5.75 Å². The summed E-state index contributed by atoms with van der Waals surface area (Å²) in [6.07, 6.45) is 0. The number of nitrogens with zero attached hydrogens (tertiary/aromatic N) is 3. The van der Waals surface area contributed by atoms with Crippen LogP contribution in [-0.4, -0.2) is 14.7 Å². The number of benzene rings is 1. The Bertz CT molecular complexity index is 710. The SMILES string of the molecule is Cc1cc(C)c(OCc2c(C)nn(C)c2Cl)c([N+](=O)[O-])c1. The largest absolute Gasteiger partial charge is 0.482 e. The van der Waals surface area contributed by atoms with Crippen molar-refractivity contribution in [2.75, 3.05) is 0 Å². The Morgan fingerprint density at radius 1 is 1.38 bits per heavy atom. The van der Waals surface area contributed by atoms with Crippen LogP contribution in [0.4, 0.5) is 5.69 Å². The molecule has 0 aliphatic carbocycles. The predicted molar refractivity (Wildman–Crippen MR) is 79.9 cm³/mol. The lowest BCUT2D eigenvalue weighted by Gasteiger charge is -2.10. The standard InChI is InChI=1S/C14H16ClN3O3/c1-8-5-9(2)13(12(6-8)18(19)20)21-7-11-10(3)16-17(4)14(11)15/h5-6H,7H2,1-4H3. The van der Waals surface area contributed by atoms with Crippen LogP contribution >= 0.6 is 11.6 Å². The number of nitro benzene ring substituents is 1. The smallest absolute Gasteiger partial charge is 0.311 e. The van der Waals surface area contributed by atoms with E-state index in [0.717, 1.165) is 22.4 Å². The van der Waals surface area contributed by atoms with E-state index in [1.807, 2.05) is 19.9 Å². The van der Waals surface area contributed by atoms with Crippen molar-refractivity contribution in [2.45, 2.75) is 27.4 Å². The van der Waals surface area contributed by atoms with Crippen molar-refractivity contribution in [1.82, 2.24) is 9.78 Å². The van der Waals surface area contributed by atoms with Gasteiger partial charge in [-0.25, -0.2) is 0 Å². The molecule has 0 atom stereocenters. The Kier molecular flexibility index (Phi) is 4.18. The van der Waals surface area contributed by atoms with Crippen molar-refractivity contribution >= 4 is 17.3 Å². The second-order valence-corrected chi connectivity index (χ2v) is 5.31. The predicted octanol–water partition coefficient (Wildman–Crippen LogP) is 3.49. The summed E-state index contributed by atoms with van der Waals surface area (Å²) >= 11 is 6.13. The molecule has 0 N–H and O–H groups in total. The van der Waals surface area contributed by atoms with E-state index in [2.05, 4.69) is 5.10 Å². The molecule has 1 aromatic carbocycles. The fourth-order valence-electron chi connectivity index (χ4n) is 2.24. The second kappa shape index (κ2) is 5.73. The molecule has 1 heterocycles. The monoisotopic (exact) mass is 309 g/mol. The van der Waals surface area contributed by atoms with Crippen LogP contribution < -0.4 is 4.74 Å². The van der Waals surface area contributed by atoms with Gasteiger partial charge in [-0.3, -0.25) is 14.8 Å². The maximum Gasteiger partial charge on any atom is 0.311 e. The van der Waals surface area contributed by atoms with Gasteiger partial charge in [0.05, 0.1) is 10.6 Å². The van der Waals surface area contributed by atoms with Crippen LogP contribution in [-0.2, 0) is 13.7 Å². The Morgan fingerprint density at radius 3 is 2.57 bits per heavy atom. The van der Waals surface area contributed by atoms with Gasteiger partial charge in [-0.05, 0) is 31.9 Å². The minimum Gasteiger partial charge on any atom is -0.482 e. The van der Waals surface area contributed by atoms with E-state index >= 15 is 0 Å². The van der Waals surface area contributed by atoms with Gasteiger partial charge < -0.3 is 4.74 Å². The number of rotatable bonds is 4. The zero-order chi connectivity index (χ0) is 15.7. The van der Waals surface area contributed by atoms with Crippen LogP contribution in [0.3, 0.4) is 0 Å². The molecule has 2 rings (SSSR count). The number of aryl methyl sites for hydroxylation is 4. The summed E-state index contributed by atoms with van der Waals surface area (Å²) in [4.78, 5) is 10.7. The van der Waals surface area contributed by atoms with E-state index in [1.54, 1.807) is 18.7 Å². The first-order chi connectivity index (χ1) is 9.81. The summed E-state index contributed by atoms with van der Waals surface area (Å²) in [5, 5.41) is 15.8. The van der Waals surface area contributed by atoms with Gasteiger partial charge in [-0.15, -0.1) is 0 Å². The number of halogens is 1. The highest BCUT2D eigenvalue weighted by molar-refractivity contribution is 6.30. The van der Waals surface area contributed by atoms with Crippen LogP contribution in [0.5, 0.6) is 5.75 Å². The third kappa shape index (κ3) is 3.00. The van der Waals surface area contributed by atoms with Gasteiger partial charge in [0.15, 0.2) is 5.75 Å². The summed E-state index contributed by atoms with van der Waals surface area (Å²) < 4.78 is 7.21. The Hall–Kier alpha value is -2.08. The third-order valence-electron chi connectivity index (χ3n) is 3.23. The molecule has 0 unspecified atom stereocenters. The van der Waals surface area contributed by atoms with Crippen molar-refractivity contribution < 1.29 is 9.66 Å². The average molecular weight is 310 g/mol. The summed E-state index contributed by atoms with van der Waals surface area (Å²) in [7, 11) is 1.73. The highest BCUT2D eigenvalue weighted by Crippen LogP contribution is 2.33. The minimum atomic E-state index is -0.437. The highest BCUT2D eigenvalue weighted by Gasteiger charge is 2.20. The van der Waals surface area contributed by atoms with Gasteiger partial charge in [-0.2, -0.15) is 5.10 Å². The average Bonchev–Trinajstić information content (AvgIpc) is 2.62. The second-order valence-electron chi connectivity index (χ2n) is 4.95. The topological polar surface area (TPSA) is 70.2 Å². The molecule has 112 valence electrons. The number of nitro groups is 1. The summed E-state index contributed by atoms with van der Waals surface area (Å²) in [5.74, 6) is 0.268. The molecule has 1 aromatic heterocycles. The normalized spacial score (nSPS) is 10.7. The van der Waals surface area contributed by atoms with E-state index in [4.69, 9.17) is 16.3 Å². The Morgan fingerprint density at radius 2 is 2.05 bits per heavy atom. The van der Waals surface area contributed by atoms with Crippen molar-refractivity contribution in [1.29, 1.82) is 0 Å². The first-order valence-corrected chi connectivity index (χ1v) is 6.75. The summed E-state index contributed by atoms with van der Waals surface area (Å²) in [6.45, 7) is 5.56. The molecule has 0 radical (unpaired) electrons. The van der Waals surface area contributed by atoms with E-state index in [-0.39, 0.29) is 18.0 Å². The molecule has 0 spiro atoms. The number of ether oxygens (including phenoxy) is 1. The molecule has 0 aliphatic heterocycles. The van der Waals surface area contributed by atoms with E-state index in [9.17, 15) is 10.1 Å². The molecule has 0 bridgehead atoms. The minimum absolute atomic E-state index is 0.0369. The lowest BCUT2D eigenvalue weighted by Crippen LogP contribution is -2.02. The fourth-order valence-corrected chi connectivity index (χ4v) is 2.47. The molecule has 0 amide bonds. The third-order valence-corrected chi connectivity index (χ3v) is 3.70. The maximum atomic E-state index is 11.2. The molecular weight excluding hydrogens is 294 g/mol. The molecule has 0 fully saturated rings. The Balaban J connectivity index is 2.34. The van der Waals surface area contributed by atoms with Gasteiger partial charge >= 0.3 is 5.69 Å². The number of aromatic nitrogens is 2. The van der Waals surface area contributed by atoms with E-state index in [1.165, 1.54) is 6.07 Å². The molecule has 0 saturated heterocycles. The van der Waals surface area contributed by atoms with E-state index in [0.29, 0.717) is 5.15 Å². The first kappa shape index (κ1) is 15.3. The maximum absolute atomic E-state index is 11.2. The lowest BCUT2D eigenvalue weighted by molar-refractivity contribution is -0.386. The molecule has 0 aliphatic rings. The summed E-state index contributed by atoms with van der Waals surface area (Å²) in [6, 6.07) is 3.35. The first-order valence-electron chi connectivity index (χ1n) is 6.37. The highest BCUT2D eigenvalue weighted by atomic mass is 35.5. The van der Waals surface area contributed by atoms with Gasteiger partial charge in [-0.1, -0.05) is 17.7 Å². The van der Waals surface area contributed by atoms with Crippen LogP contribution in [0.2, 0.25) is 5.15 Å². The van der Waals surface area contributed by atoms with Crippen molar-refractivity contribution in [2.24, 2.45) is 7.05 Å². The molecule has 6 nitrogen and oxygen atoms in total. The van der Waals surface area contributed by atoms with Crippen LogP contribution in [0, 0.1) is 30.9 Å². The van der Waals surface area contributed by atoms with Gasteiger partial charge in [0.2, 0.25) is 0 Å². The molecule has 21 heavy (non-hydrogen) atoms. The van der Waals surface area contributed by atoms with Gasteiger partial charge in [0.1, 0.15) is 11.8 Å². The van der Waals surface area contributed by atoms with Crippen molar-refractivity contribution in [3.63, 3.8) is 0 Å². The van der Waals surface area contributed by atoms with Gasteiger partial charge in [0, 0.05) is 18.7 Å². The quantitative estimate of drug-likeness (QED) is 0.640. The molecule has 2 aromatic rings. The molecule has 7 heteroatoms. The molecule has 0 saturated carbocycles. The fraction of sp³-hybridized carbons (Fsp3) is 0.357.